The molecule has 0 radical (unpaired) electrons. The van der Waals surface area contributed by atoms with E-state index in [0.717, 1.165) is 48.9 Å². The molecule has 3 aromatic rings. The van der Waals surface area contributed by atoms with Gasteiger partial charge >= 0.3 is 6.09 Å². The first-order valence-electron chi connectivity index (χ1n) is 13.0. The van der Waals surface area contributed by atoms with Crippen molar-refractivity contribution >= 4 is 23.0 Å². The lowest BCUT2D eigenvalue weighted by Crippen LogP contribution is -2.46. The van der Waals surface area contributed by atoms with Crippen LogP contribution in [0, 0.1) is 0 Å². The first-order valence-corrected chi connectivity index (χ1v) is 13.9. The Kier molecular flexibility index (Phi) is 8.53. The van der Waals surface area contributed by atoms with Gasteiger partial charge in [0.25, 0.3) is 5.19 Å². The van der Waals surface area contributed by atoms with Crippen molar-refractivity contribution < 1.29 is 19.0 Å². The third kappa shape index (κ3) is 6.40. The minimum atomic E-state index is -0.331. The van der Waals surface area contributed by atoms with Gasteiger partial charge < -0.3 is 14.2 Å². The number of carbonyl (C=O) groups excluding carboxylic acids is 1. The summed E-state index contributed by atoms with van der Waals surface area (Å²) in [5, 5.41) is 2.62. The number of hydrogen-bond donors (Lipinski definition) is 0. The fraction of sp³-hybridized carbons (Fsp3) is 0.400. The molecular formula is C30H34N2O4S. The van der Waals surface area contributed by atoms with Gasteiger partial charge in [0.15, 0.2) is 0 Å². The van der Waals surface area contributed by atoms with Gasteiger partial charge in [-0.1, -0.05) is 78.1 Å². The van der Waals surface area contributed by atoms with Gasteiger partial charge in [0.05, 0.1) is 31.6 Å². The average Bonchev–Trinajstić information content (AvgIpc) is 3.44. The summed E-state index contributed by atoms with van der Waals surface area (Å²) in [4.78, 5) is 19.2. The van der Waals surface area contributed by atoms with Gasteiger partial charge in [0, 0.05) is 11.9 Å². The predicted molar refractivity (Wildman–Crippen MR) is 146 cm³/mol. The third-order valence-electron chi connectivity index (χ3n) is 7.30. The summed E-state index contributed by atoms with van der Waals surface area (Å²) >= 11 is 1.47. The molecule has 0 saturated heterocycles. The Morgan fingerprint density at radius 2 is 1.76 bits per heavy atom. The maximum absolute atomic E-state index is 12.6. The summed E-state index contributed by atoms with van der Waals surface area (Å²) in [7, 11) is 1.43. The Bertz CT molecular complexity index is 1170. The van der Waals surface area contributed by atoms with Gasteiger partial charge in [0.2, 0.25) is 0 Å². The Hall–Kier alpha value is -3.16. The maximum atomic E-state index is 12.6. The molecule has 2 aromatic carbocycles. The molecule has 1 unspecified atom stereocenters. The lowest BCUT2D eigenvalue weighted by Gasteiger charge is -2.36. The first-order chi connectivity index (χ1) is 18.2. The highest BCUT2D eigenvalue weighted by Crippen LogP contribution is 2.36. The van der Waals surface area contributed by atoms with Crippen LogP contribution in [-0.2, 0) is 16.1 Å². The molecule has 7 heteroatoms. The van der Waals surface area contributed by atoms with Gasteiger partial charge in [-0.3, -0.25) is 4.90 Å². The highest BCUT2D eigenvalue weighted by molar-refractivity contribution is 7.11. The molecule has 0 N–H and O–H groups in total. The minimum absolute atomic E-state index is 0.197. The maximum Gasteiger partial charge on any atom is 0.410 e. The van der Waals surface area contributed by atoms with Crippen molar-refractivity contribution in [2.45, 2.75) is 56.8 Å². The summed E-state index contributed by atoms with van der Waals surface area (Å²) < 4.78 is 17.5. The van der Waals surface area contributed by atoms with Gasteiger partial charge in [0.1, 0.15) is 6.61 Å². The van der Waals surface area contributed by atoms with Crippen molar-refractivity contribution in [1.29, 1.82) is 0 Å². The van der Waals surface area contributed by atoms with E-state index < -0.39 is 0 Å². The number of hydrogen-bond acceptors (Lipinski definition) is 6. The van der Waals surface area contributed by atoms with E-state index in [2.05, 4.69) is 36.4 Å². The van der Waals surface area contributed by atoms with Crippen LogP contribution in [0.5, 0.6) is 5.19 Å². The number of amides is 1. The molecule has 1 amide bonds. The average molecular weight is 519 g/mol. The zero-order valence-corrected chi connectivity index (χ0v) is 22.1. The van der Waals surface area contributed by atoms with E-state index >= 15 is 0 Å². The van der Waals surface area contributed by atoms with Crippen molar-refractivity contribution in [2.24, 2.45) is 0 Å². The second-order valence-electron chi connectivity index (χ2n) is 9.62. The molecule has 1 saturated carbocycles. The second-order valence-corrected chi connectivity index (χ2v) is 10.4. The van der Waals surface area contributed by atoms with E-state index in [1.165, 1.54) is 24.0 Å². The van der Waals surface area contributed by atoms with Crippen molar-refractivity contribution in [3.05, 3.63) is 88.9 Å². The molecule has 1 aromatic heterocycles. The number of aromatic nitrogens is 1. The van der Waals surface area contributed by atoms with Gasteiger partial charge in [-0.15, -0.1) is 0 Å². The van der Waals surface area contributed by atoms with Crippen LogP contribution in [0.15, 0.2) is 72.1 Å². The summed E-state index contributed by atoms with van der Waals surface area (Å²) in [5.74, 6) is 0.599. The molecule has 1 fully saturated rings. The van der Waals surface area contributed by atoms with E-state index in [9.17, 15) is 4.79 Å². The summed E-state index contributed by atoms with van der Waals surface area (Å²) in [5.41, 5.74) is 4.36. The number of ether oxygens (including phenoxy) is 3. The Morgan fingerprint density at radius 3 is 2.49 bits per heavy atom. The molecule has 1 aliphatic carbocycles. The SMILES string of the molecule is COC(=O)N1CCC=C(c2csc(OCc3ccccc3)n2)C1CO[C@H]1CC[C@@H](c2ccccc2)CC1. The van der Waals surface area contributed by atoms with Crippen LogP contribution < -0.4 is 4.74 Å². The molecule has 0 spiro atoms. The van der Waals surface area contributed by atoms with Crippen LogP contribution in [0.3, 0.4) is 0 Å². The number of thiazole rings is 1. The van der Waals surface area contributed by atoms with Crippen LogP contribution in [0.2, 0.25) is 0 Å². The molecule has 5 rings (SSSR count). The highest BCUT2D eigenvalue weighted by Gasteiger charge is 2.33. The zero-order chi connectivity index (χ0) is 25.5. The van der Waals surface area contributed by atoms with Gasteiger partial charge in [-0.05, 0) is 54.7 Å². The molecule has 37 heavy (non-hydrogen) atoms. The third-order valence-corrected chi connectivity index (χ3v) is 8.05. The summed E-state index contributed by atoms with van der Waals surface area (Å²) in [6, 6.07) is 20.6. The molecule has 0 bridgehead atoms. The Labute approximate surface area is 222 Å². The smallest absolute Gasteiger partial charge is 0.410 e. The zero-order valence-electron chi connectivity index (χ0n) is 21.3. The quantitative estimate of drug-likeness (QED) is 0.333. The fourth-order valence-corrected chi connectivity index (χ4v) is 5.98. The molecule has 194 valence electrons. The molecular weight excluding hydrogens is 484 g/mol. The summed E-state index contributed by atoms with van der Waals surface area (Å²) in [6.07, 6.45) is 7.09. The molecule has 6 nitrogen and oxygen atoms in total. The van der Waals surface area contributed by atoms with Crippen LogP contribution in [0.25, 0.3) is 5.57 Å². The van der Waals surface area contributed by atoms with Crippen molar-refractivity contribution in [3.8, 4) is 5.19 Å². The lowest BCUT2D eigenvalue weighted by atomic mass is 9.83. The van der Waals surface area contributed by atoms with E-state index in [1.807, 2.05) is 35.7 Å². The Morgan fingerprint density at radius 1 is 1.03 bits per heavy atom. The van der Waals surface area contributed by atoms with E-state index in [0.29, 0.717) is 30.9 Å². The molecule has 2 heterocycles. The normalized spacial score (nSPS) is 21.8. The lowest BCUT2D eigenvalue weighted by molar-refractivity contribution is 0.000162. The second kappa shape index (κ2) is 12.4. The minimum Gasteiger partial charge on any atom is -0.465 e. The number of rotatable bonds is 8. The van der Waals surface area contributed by atoms with E-state index in [1.54, 1.807) is 4.90 Å². The largest absolute Gasteiger partial charge is 0.465 e. The fourth-order valence-electron chi connectivity index (χ4n) is 5.30. The topological polar surface area (TPSA) is 60.9 Å². The van der Waals surface area contributed by atoms with Gasteiger partial charge in [-0.25, -0.2) is 9.78 Å². The number of nitrogens with zero attached hydrogens (tertiary/aromatic N) is 2. The standard InChI is InChI=1S/C30H34N2O4S/c1-34-30(33)32-18-8-13-26(27-21-37-29(31-27)36-19-22-9-4-2-5-10-22)28(32)20-35-25-16-14-24(15-17-25)23-11-6-3-7-12-23/h2-7,9-13,21,24-25,28H,8,14-20H2,1H3/t24-,25+,28?. The number of methoxy groups -OCH3 is 1. The molecule has 1 atom stereocenters. The molecule has 1 aliphatic heterocycles. The number of carbonyl (C=O) groups is 1. The van der Waals surface area contributed by atoms with Crippen LogP contribution in [0.4, 0.5) is 4.79 Å². The highest BCUT2D eigenvalue weighted by atomic mass is 32.1. The molecule has 2 aliphatic rings. The number of benzene rings is 2. The first kappa shape index (κ1) is 25.5. The predicted octanol–water partition coefficient (Wildman–Crippen LogP) is 6.69. The van der Waals surface area contributed by atoms with Crippen molar-refractivity contribution in [3.63, 3.8) is 0 Å². The van der Waals surface area contributed by atoms with E-state index in [-0.39, 0.29) is 18.2 Å². The van der Waals surface area contributed by atoms with Crippen LogP contribution >= 0.6 is 11.3 Å². The van der Waals surface area contributed by atoms with Crippen LogP contribution in [-0.4, -0.2) is 48.4 Å². The van der Waals surface area contributed by atoms with Crippen molar-refractivity contribution in [2.75, 3.05) is 20.3 Å². The Balaban J connectivity index is 1.23. The van der Waals surface area contributed by atoms with Gasteiger partial charge in [-0.2, -0.15) is 0 Å². The van der Waals surface area contributed by atoms with Crippen LogP contribution in [0.1, 0.15) is 54.8 Å². The monoisotopic (exact) mass is 518 g/mol. The van der Waals surface area contributed by atoms with Crippen molar-refractivity contribution in [1.82, 2.24) is 9.88 Å². The van der Waals surface area contributed by atoms with E-state index in [4.69, 9.17) is 19.2 Å². The summed E-state index contributed by atoms with van der Waals surface area (Å²) in [6.45, 7) is 1.51.